The van der Waals surface area contributed by atoms with Gasteiger partial charge < -0.3 is 14.6 Å². The van der Waals surface area contributed by atoms with Crippen LogP contribution in [0.15, 0.2) is 40.5 Å². The Labute approximate surface area is 176 Å². The molecule has 0 atom stereocenters. The molecule has 0 unspecified atom stereocenters. The number of aromatic nitrogens is 1. The summed E-state index contributed by atoms with van der Waals surface area (Å²) >= 11 is 1.86. The normalized spacial score (nSPS) is 13.7. The molecule has 7 heteroatoms. The van der Waals surface area contributed by atoms with E-state index >= 15 is 0 Å². The Balaban J connectivity index is 0.00000243. The number of hydrogen-bond acceptors (Lipinski definition) is 4. The monoisotopic (exact) mass is 486 g/mol. The summed E-state index contributed by atoms with van der Waals surface area (Å²) in [5.74, 6) is 1.83. The van der Waals surface area contributed by atoms with Crippen LogP contribution >= 0.6 is 35.3 Å². The van der Waals surface area contributed by atoms with Crippen LogP contribution in [0.1, 0.15) is 34.2 Å². The van der Waals surface area contributed by atoms with Crippen molar-refractivity contribution in [1.29, 1.82) is 0 Å². The molecule has 0 aromatic carbocycles. The smallest absolute Gasteiger partial charge is 0.194 e. The second-order valence-electron chi connectivity index (χ2n) is 6.24. The Morgan fingerprint density at radius 1 is 1.46 bits per heavy atom. The number of nitrogens with zero attached hydrogens (tertiary/aromatic N) is 3. The van der Waals surface area contributed by atoms with Crippen LogP contribution in [0.25, 0.3) is 0 Å². The van der Waals surface area contributed by atoms with E-state index in [2.05, 4.69) is 23.8 Å². The standard InChI is InChI=1S/C19H26N4OS.HI/c1-3-11-20-19(21-12-10-15-7-6-13-24-15)23(2)14-18-22-16-8-4-5-9-17(16)25-18;/h3,6-7,13H,1,4-5,8-12,14H2,2H3,(H,20,21);1H. The summed E-state index contributed by atoms with van der Waals surface area (Å²) in [7, 11) is 2.06. The molecule has 0 spiro atoms. The van der Waals surface area contributed by atoms with Gasteiger partial charge in [0.05, 0.1) is 18.5 Å². The molecular formula is C19H27IN4OS. The van der Waals surface area contributed by atoms with Crippen LogP contribution < -0.4 is 5.32 Å². The third-order valence-corrected chi connectivity index (χ3v) is 5.37. The third-order valence-electron chi connectivity index (χ3n) is 4.23. The summed E-state index contributed by atoms with van der Waals surface area (Å²) in [6.07, 6.45) is 9.23. The van der Waals surface area contributed by atoms with Crippen molar-refractivity contribution in [3.63, 3.8) is 0 Å². The molecule has 1 aliphatic carbocycles. The van der Waals surface area contributed by atoms with Crippen molar-refractivity contribution in [3.05, 3.63) is 52.4 Å². The quantitative estimate of drug-likeness (QED) is 0.278. The third kappa shape index (κ3) is 5.84. The minimum Gasteiger partial charge on any atom is -0.469 e. The lowest BCUT2D eigenvalue weighted by atomic mass is 10.0. The minimum absolute atomic E-state index is 0. The predicted octanol–water partition coefficient (Wildman–Crippen LogP) is 4.04. The maximum atomic E-state index is 5.37. The highest BCUT2D eigenvalue weighted by Gasteiger charge is 2.16. The number of nitrogens with one attached hydrogen (secondary N) is 1. The molecule has 142 valence electrons. The largest absolute Gasteiger partial charge is 0.469 e. The van der Waals surface area contributed by atoms with E-state index < -0.39 is 0 Å². The molecule has 1 N–H and O–H groups in total. The molecule has 0 saturated carbocycles. The average molecular weight is 486 g/mol. The molecule has 2 heterocycles. The van der Waals surface area contributed by atoms with Gasteiger partial charge in [0.15, 0.2) is 5.96 Å². The average Bonchev–Trinajstić information content (AvgIpc) is 3.26. The van der Waals surface area contributed by atoms with Gasteiger partial charge in [0.1, 0.15) is 10.8 Å². The van der Waals surface area contributed by atoms with E-state index in [0.717, 1.165) is 31.1 Å². The van der Waals surface area contributed by atoms with Gasteiger partial charge in [-0.15, -0.1) is 41.9 Å². The molecule has 1 aliphatic rings. The highest BCUT2D eigenvalue weighted by Crippen LogP contribution is 2.27. The van der Waals surface area contributed by atoms with Gasteiger partial charge in [-0.1, -0.05) is 6.08 Å². The van der Waals surface area contributed by atoms with Gasteiger partial charge in [0, 0.05) is 31.4 Å². The van der Waals surface area contributed by atoms with Gasteiger partial charge in [0.2, 0.25) is 0 Å². The van der Waals surface area contributed by atoms with E-state index in [1.165, 1.54) is 34.8 Å². The number of aryl methyl sites for hydroxylation is 2. The first-order valence-electron chi connectivity index (χ1n) is 8.86. The number of halogens is 1. The molecule has 0 bridgehead atoms. The van der Waals surface area contributed by atoms with Crippen molar-refractivity contribution >= 4 is 41.3 Å². The molecule has 0 saturated heterocycles. The van der Waals surface area contributed by atoms with Crippen molar-refractivity contribution < 1.29 is 4.42 Å². The summed E-state index contributed by atoms with van der Waals surface area (Å²) in [6, 6.07) is 3.89. The van der Waals surface area contributed by atoms with E-state index in [9.17, 15) is 0 Å². The first-order valence-corrected chi connectivity index (χ1v) is 9.68. The lowest BCUT2D eigenvalue weighted by molar-refractivity contribution is 0.474. The molecule has 26 heavy (non-hydrogen) atoms. The lowest BCUT2D eigenvalue weighted by Crippen LogP contribution is -2.38. The first-order chi connectivity index (χ1) is 12.3. The number of furan rings is 1. The van der Waals surface area contributed by atoms with Crippen molar-refractivity contribution in [1.82, 2.24) is 15.2 Å². The Kier molecular flexibility index (Phi) is 8.64. The summed E-state index contributed by atoms with van der Waals surface area (Å²) < 4.78 is 5.37. The van der Waals surface area contributed by atoms with Gasteiger partial charge in [-0.25, -0.2) is 4.98 Å². The van der Waals surface area contributed by atoms with Gasteiger partial charge >= 0.3 is 0 Å². The molecule has 5 nitrogen and oxygen atoms in total. The van der Waals surface area contributed by atoms with E-state index in [1.54, 1.807) is 6.26 Å². The van der Waals surface area contributed by atoms with Gasteiger partial charge in [-0.05, 0) is 37.8 Å². The van der Waals surface area contributed by atoms with Gasteiger partial charge in [-0.2, -0.15) is 0 Å². The zero-order valence-electron chi connectivity index (χ0n) is 15.2. The molecule has 3 rings (SSSR count). The minimum atomic E-state index is 0. The maximum Gasteiger partial charge on any atom is 0.194 e. The van der Waals surface area contributed by atoms with Crippen molar-refractivity contribution in [2.45, 2.75) is 38.6 Å². The molecule has 2 aromatic heterocycles. The Morgan fingerprint density at radius 3 is 3.04 bits per heavy atom. The fraction of sp³-hybridized carbons (Fsp3) is 0.474. The number of aliphatic imine (C=N–C) groups is 1. The first kappa shape index (κ1) is 21.0. The molecule has 0 radical (unpaired) electrons. The number of rotatable bonds is 7. The van der Waals surface area contributed by atoms with Crippen molar-refractivity contribution in [2.75, 3.05) is 20.1 Å². The fourth-order valence-electron chi connectivity index (χ4n) is 2.95. The number of thiazole rings is 1. The Hall–Kier alpha value is -1.35. The number of guanidine groups is 1. The molecule has 0 fully saturated rings. The summed E-state index contributed by atoms with van der Waals surface area (Å²) in [5.41, 5.74) is 1.31. The van der Waals surface area contributed by atoms with Gasteiger partial charge in [-0.3, -0.25) is 4.99 Å². The summed E-state index contributed by atoms with van der Waals surface area (Å²) in [5, 5.41) is 4.51. The second-order valence-corrected chi connectivity index (χ2v) is 7.41. The SMILES string of the molecule is C=CCNC(=NCCc1ccco1)N(C)Cc1nc2c(s1)CCCC2.I. The van der Waals surface area contributed by atoms with Gasteiger partial charge in [0.25, 0.3) is 0 Å². The molecule has 0 aliphatic heterocycles. The second kappa shape index (κ2) is 10.7. The zero-order valence-corrected chi connectivity index (χ0v) is 18.4. The number of hydrogen-bond donors (Lipinski definition) is 1. The van der Waals surface area contributed by atoms with E-state index in [4.69, 9.17) is 14.4 Å². The topological polar surface area (TPSA) is 53.7 Å². The van der Waals surface area contributed by atoms with Crippen LogP contribution in [-0.2, 0) is 25.8 Å². The lowest BCUT2D eigenvalue weighted by Gasteiger charge is -2.21. The number of fused-ring (bicyclic) bond motifs is 1. The van der Waals surface area contributed by atoms with E-state index in [1.807, 2.05) is 29.5 Å². The van der Waals surface area contributed by atoms with Crippen LogP contribution in [0, 0.1) is 0 Å². The van der Waals surface area contributed by atoms with Crippen molar-refractivity contribution in [3.8, 4) is 0 Å². The Morgan fingerprint density at radius 2 is 2.31 bits per heavy atom. The van der Waals surface area contributed by atoms with Crippen LogP contribution in [-0.4, -0.2) is 36.0 Å². The molecular weight excluding hydrogens is 459 g/mol. The summed E-state index contributed by atoms with van der Waals surface area (Å²) in [4.78, 5) is 13.2. The van der Waals surface area contributed by atoms with Crippen molar-refractivity contribution in [2.24, 2.45) is 4.99 Å². The van der Waals surface area contributed by atoms with Crippen LogP contribution in [0.5, 0.6) is 0 Å². The fourth-order valence-corrected chi connectivity index (χ4v) is 4.16. The van der Waals surface area contributed by atoms with Crippen LogP contribution in [0.4, 0.5) is 0 Å². The predicted molar refractivity (Wildman–Crippen MR) is 119 cm³/mol. The Bertz CT molecular complexity index is 688. The zero-order chi connectivity index (χ0) is 17.5. The van der Waals surface area contributed by atoms with E-state index in [0.29, 0.717) is 13.1 Å². The summed E-state index contributed by atoms with van der Waals surface area (Å²) in [6.45, 7) is 5.94. The van der Waals surface area contributed by atoms with Crippen LogP contribution in [0.2, 0.25) is 0 Å². The molecule has 0 amide bonds. The highest BCUT2D eigenvalue weighted by atomic mass is 127. The maximum absolute atomic E-state index is 5.37. The van der Waals surface area contributed by atoms with E-state index in [-0.39, 0.29) is 24.0 Å². The van der Waals surface area contributed by atoms with Crippen LogP contribution in [0.3, 0.4) is 0 Å². The highest BCUT2D eigenvalue weighted by molar-refractivity contribution is 14.0. The molecule has 2 aromatic rings.